The Morgan fingerprint density at radius 1 is 1.30 bits per heavy atom. The average Bonchev–Trinajstić information content (AvgIpc) is 2.78. The molecule has 20 heavy (non-hydrogen) atoms. The van der Waals surface area contributed by atoms with Crippen LogP contribution >= 0.6 is 11.6 Å². The smallest absolute Gasteiger partial charge is 0.124 e. The lowest BCUT2D eigenvalue weighted by Crippen LogP contribution is -2.07. The molecule has 0 radical (unpaired) electrons. The van der Waals surface area contributed by atoms with Crippen LogP contribution < -0.4 is 0 Å². The van der Waals surface area contributed by atoms with Crippen LogP contribution in [0.3, 0.4) is 0 Å². The van der Waals surface area contributed by atoms with E-state index in [-0.39, 0.29) is 12.4 Å². The van der Waals surface area contributed by atoms with Gasteiger partial charge in [0, 0.05) is 16.3 Å². The number of benzene rings is 1. The zero-order valence-corrected chi connectivity index (χ0v) is 12.4. The molecule has 0 aliphatic heterocycles. The Kier molecular flexibility index (Phi) is 4.78. The lowest BCUT2D eigenvalue weighted by Gasteiger charge is -2.09. The van der Waals surface area contributed by atoms with Gasteiger partial charge >= 0.3 is 0 Å². The third kappa shape index (κ3) is 2.86. The molecule has 0 saturated heterocycles. The Bertz CT molecular complexity index is 610. The Morgan fingerprint density at radius 2 is 2.05 bits per heavy atom. The van der Waals surface area contributed by atoms with Crippen LogP contribution in [-0.4, -0.2) is 14.9 Å². The minimum atomic E-state index is -0.347. The molecule has 2 aromatic rings. The largest absolute Gasteiger partial charge is 0.392 e. The third-order valence-electron chi connectivity index (χ3n) is 3.41. The number of aromatic nitrogens is 2. The van der Waals surface area contributed by atoms with E-state index in [9.17, 15) is 9.50 Å². The van der Waals surface area contributed by atoms with E-state index < -0.39 is 0 Å². The Labute approximate surface area is 123 Å². The minimum Gasteiger partial charge on any atom is -0.392 e. The van der Waals surface area contributed by atoms with Crippen LogP contribution in [0.25, 0.3) is 0 Å². The van der Waals surface area contributed by atoms with Gasteiger partial charge in [-0.25, -0.2) is 4.39 Å². The lowest BCUT2D eigenvalue weighted by atomic mass is 10.1. The van der Waals surface area contributed by atoms with Gasteiger partial charge in [-0.15, -0.1) is 0 Å². The Balaban J connectivity index is 2.40. The minimum absolute atomic E-state index is 0.0104. The first-order chi connectivity index (χ1) is 9.60. The van der Waals surface area contributed by atoms with E-state index in [1.165, 1.54) is 12.1 Å². The maximum Gasteiger partial charge on any atom is 0.124 e. The zero-order chi connectivity index (χ0) is 14.7. The summed E-state index contributed by atoms with van der Waals surface area (Å²) in [6, 6.07) is 4.37. The summed E-state index contributed by atoms with van der Waals surface area (Å²) < 4.78 is 14.9. The fourth-order valence-electron chi connectivity index (χ4n) is 2.39. The molecule has 1 aromatic carbocycles. The van der Waals surface area contributed by atoms with Gasteiger partial charge in [0.1, 0.15) is 5.82 Å². The van der Waals surface area contributed by atoms with Crippen molar-refractivity contribution in [2.24, 2.45) is 0 Å². The highest BCUT2D eigenvalue weighted by atomic mass is 35.5. The van der Waals surface area contributed by atoms with Gasteiger partial charge in [-0.2, -0.15) is 5.10 Å². The molecule has 2 rings (SSSR count). The van der Waals surface area contributed by atoms with Crippen molar-refractivity contribution in [2.75, 3.05) is 0 Å². The monoisotopic (exact) mass is 296 g/mol. The molecule has 1 N–H and O–H groups in total. The molecule has 0 amide bonds. The van der Waals surface area contributed by atoms with Crippen LogP contribution in [0.1, 0.15) is 36.4 Å². The molecule has 1 heterocycles. The van der Waals surface area contributed by atoms with Gasteiger partial charge in [0.2, 0.25) is 0 Å². The van der Waals surface area contributed by atoms with Crippen LogP contribution in [0.2, 0.25) is 5.02 Å². The quantitative estimate of drug-likeness (QED) is 0.919. The molecule has 0 fully saturated rings. The van der Waals surface area contributed by atoms with Crippen molar-refractivity contribution in [3.63, 3.8) is 0 Å². The number of rotatable bonds is 5. The molecule has 0 aliphatic carbocycles. The van der Waals surface area contributed by atoms with Crippen molar-refractivity contribution in [1.82, 2.24) is 9.78 Å². The maximum absolute atomic E-state index is 13.1. The summed E-state index contributed by atoms with van der Waals surface area (Å²) in [6.45, 7) is 4.51. The van der Waals surface area contributed by atoms with E-state index in [4.69, 9.17) is 11.6 Å². The summed E-state index contributed by atoms with van der Waals surface area (Å²) in [4.78, 5) is 0. The standard InChI is InChI=1S/C15H18ClFN2O/c1-3-14-12(9-20)15(4-2)19(18-14)8-10-5-6-11(17)7-13(10)16/h5-7,20H,3-4,8-9H2,1-2H3. The zero-order valence-electron chi connectivity index (χ0n) is 11.7. The second-order valence-electron chi connectivity index (χ2n) is 4.63. The van der Waals surface area contributed by atoms with Crippen LogP contribution in [0.15, 0.2) is 18.2 Å². The Hall–Kier alpha value is -1.39. The number of nitrogens with zero attached hydrogens (tertiary/aromatic N) is 2. The van der Waals surface area contributed by atoms with Gasteiger partial charge in [-0.1, -0.05) is 31.5 Å². The van der Waals surface area contributed by atoms with E-state index in [1.807, 2.05) is 18.5 Å². The van der Waals surface area contributed by atoms with Gasteiger partial charge in [-0.05, 0) is 30.5 Å². The summed E-state index contributed by atoms with van der Waals surface area (Å²) in [6.07, 6.45) is 1.55. The van der Waals surface area contributed by atoms with E-state index in [0.29, 0.717) is 11.6 Å². The van der Waals surface area contributed by atoms with Crippen molar-refractivity contribution >= 4 is 11.6 Å². The van der Waals surface area contributed by atoms with E-state index in [1.54, 1.807) is 6.07 Å². The highest BCUT2D eigenvalue weighted by molar-refractivity contribution is 6.31. The third-order valence-corrected chi connectivity index (χ3v) is 3.76. The highest BCUT2D eigenvalue weighted by Gasteiger charge is 2.15. The average molecular weight is 297 g/mol. The van der Waals surface area contributed by atoms with Crippen molar-refractivity contribution in [1.29, 1.82) is 0 Å². The molecule has 0 aliphatic rings. The molecule has 0 unspecified atom stereocenters. The number of hydrogen-bond donors (Lipinski definition) is 1. The van der Waals surface area contributed by atoms with Gasteiger partial charge in [-0.3, -0.25) is 4.68 Å². The lowest BCUT2D eigenvalue weighted by molar-refractivity contribution is 0.279. The topological polar surface area (TPSA) is 38.0 Å². The fourth-order valence-corrected chi connectivity index (χ4v) is 2.62. The van der Waals surface area contributed by atoms with Gasteiger partial charge in [0.05, 0.1) is 18.8 Å². The van der Waals surface area contributed by atoms with E-state index >= 15 is 0 Å². The summed E-state index contributed by atoms with van der Waals surface area (Å²) in [5, 5.41) is 14.4. The first-order valence-electron chi connectivity index (χ1n) is 6.72. The molecule has 3 nitrogen and oxygen atoms in total. The van der Waals surface area contributed by atoms with E-state index in [2.05, 4.69) is 5.10 Å². The number of halogens is 2. The maximum atomic E-state index is 13.1. The number of aryl methyl sites for hydroxylation is 1. The highest BCUT2D eigenvalue weighted by Crippen LogP contribution is 2.22. The molecule has 0 atom stereocenters. The first-order valence-corrected chi connectivity index (χ1v) is 7.10. The molecule has 0 spiro atoms. The number of aliphatic hydroxyl groups is 1. The normalized spacial score (nSPS) is 11.1. The summed E-state index contributed by atoms with van der Waals surface area (Å²) in [5.74, 6) is -0.347. The molecule has 108 valence electrons. The van der Waals surface area contributed by atoms with E-state index in [0.717, 1.165) is 35.4 Å². The van der Waals surface area contributed by atoms with Crippen molar-refractivity contribution < 1.29 is 9.50 Å². The van der Waals surface area contributed by atoms with Crippen molar-refractivity contribution in [3.05, 3.63) is 51.6 Å². The molecule has 0 bridgehead atoms. The first kappa shape index (κ1) is 15.0. The second kappa shape index (κ2) is 6.37. The second-order valence-corrected chi connectivity index (χ2v) is 5.04. The van der Waals surface area contributed by atoms with Gasteiger partial charge in [0.15, 0.2) is 0 Å². The predicted molar refractivity (Wildman–Crippen MR) is 77.4 cm³/mol. The van der Waals surface area contributed by atoms with Crippen LogP contribution in [0, 0.1) is 5.82 Å². The van der Waals surface area contributed by atoms with Crippen LogP contribution in [-0.2, 0) is 26.0 Å². The fraction of sp³-hybridized carbons (Fsp3) is 0.400. The van der Waals surface area contributed by atoms with Gasteiger partial charge < -0.3 is 5.11 Å². The summed E-state index contributed by atoms with van der Waals surface area (Å²) in [5.41, 5.74) is 3.62. The van der Waals surface area contributed by atoms with Crippen LogP contribution in [0.5, 0.6) is 0 Å². The van der Waals surface area contributed by atoms with Crippen LogP contribution in [0.4, 0.5) is 4.39 Å². The molecule has 1 aromatic heterocycles. The molecule has 0 saturated carbocycles. The number of aliphatic hydroxyl groups excluding tert-OH is 1. The SMILES string of the molecule is CCc1nn(Cc2ccc(F)cc2Cl)c(CC)c1CO. The van der Waals surface area contributed by atoms with Crippen molar-refractivity contribution in [2.45, 2.75) is 39.8 Å². The predicted octanol–water partition coefficient (Wildman–Crippen LogP) is 3.34. The van der Waals surface area contributed by atoms with Crippen molar-refractivity contribution in [3.8, 4) is 0 Å². The number of hydrogen-bond acceptors (Lipinski definition) is 2. The molecular formula is C15H18ClFN2O. The summed E-state index contributed by atoms with van der Waals surface area (Å²) in [7, 11) is 0. The molecular weight excluding hydrogens is 279 g/mol. The summed E-state index contributed by atoms with van der Waals surface area (Å²) >= 11 is 6.06. The van der Waals surface area contributed by atoms with Gasteiger partial charge in [0.25, 0.3) is 0 Å². The Morgan fingerprint density at radius 3 is 2.60 bits per heavy atom. The molecule has 5 heteroatoms.